The van der Waals surface area contributed by atoms with Gasteiger partial charge >= 0.3 is 0 Å². The molecule has 5 rings (SSSR count). The number of anilines is 2. The molecule has 3 heterocycles. The second kappa shape index (κ2) is 8.84. The van der Waals surface area contributed by atoms with Crippen molar-refractivity contribution in [1.82, 2.24) is 20.3 Å². The minimum absolute atomic E-state index is 0.334. The van der Waals surface area contributed by atoms with E-state index in [0.29, 0.717) is 17.4 Å². The molecule has 0 N–H and O–H groups in total. The van der Waals surface area contributed by atoms with Crippen molar-refractivity contribution in [3.8, 4) is 28.7 Å². The van der Waals surface area contributed by atoms with Crippen molar-refractivity contribution in [1.29, 1.82) is 0 Å². The van der Waals surface area contributed by atoms with E-state index in [9.17, 15) is 0 Å². The third-order valence-corrected chi connectivity index (χ3v) is 5.66. The molecule has 0 radical (unpaired) electrons. The lowest BCUT2D eigenvalue weighted by molar-refractivity contribution is 0.414. The molecule has 1 saturated heterocycles. The van der Waals surface area contributed by atoms with Crippen LogP contribution < -0.4 is 14.5 Å². The van der Waals surface area contributed by atoms with Gasteiger partial charge in [-0.2, -0.15) is 4.98 Å². The number of hydrogen-bond acceptors (Lipinski definition) is 8. The van der Waals surface area contributed by atoms with Gasteiger partial charge in [-0.3, -0.25) is 0 Å². The summed E-state index contributed by atoms with van der Waals surface area (Å²) in [5.41, 5.74) is 2.52. The Bertz CT molecular complexity index is 1190. The lowest BCUT2D eigenvalue weighted by Crippen LogP contribution is -2.46. The van der Waals surface area contributed by atoms with Crippen LogP contribution in [0.1, 0.15) is 0 Å². The van der Waals surface area contributed by atoms with Crippen molar-refractivity contribution in [2.24, 2.45) is 0 Å². The molecule has 1 fully saturated rings. The first kappa shape index (κ1) is 20.3. The van der Waals surface area contributed by atoms with Crippen LogP contribution in [0, 0.1) is 0 Å². The van der Waals surface area contributed by atoms with Crippen LogP contribution in [0.5, 0.6) is 5.75 Å². The number of nitrogens with zero attached hydrogens (tertiary/aromatic N) is 6. The van der Waals surface area contributed by atoms with Gasteiger partial charge in [-0.15, -0.1) is 10.2 Å². The molecule has 1 aliphatic rings. The van der Waals surface area contributed by atoms with Gasteiger partial charge in [0, 0.05) is 42.5 Å². The lowest BCUT2D eigenvalue weighted by atomic mass is 10.2. The fourth-order valence-electron chi connectivity index (χ4n) is 3.66. The van der Waals surface area contributed by atoms with Gasteiger partial charge in [0.25, 0.3) is 5.89 Å². The van der Waals surface area contributed by atoms with Crippen molar-refractivity contribution in [3.05, 3.63) is 65.7 Å². The number of methoxy groups -OCH3 is 1. The van der Waals surface area contributed by atoms with Crippen LogP contribution in [-0.4, -0.2) is 53.6 Å². The zero-order valence-electron chi connectivity index (χ0n) is 17.5. The molecule has 0 unspecified atom stereocenters. The summed E-state index contributed by atoms with van der Waals surface area (Å²) >= 11 is 6.12. The molecule has 0 bridgehead atoms. The Morgan fingerprint density at radius 2 is 1.69 bits per heavy atom. The number of aromatic nitrogens is 4. The maximum absolute atomic E-state index is 6.12. The average molecular weight is 449 g/mol. The fourth-order valence-corrected chi connectivity index (χ4v) is 3.84. The van der Waals surface area contributed by atoms with E-state index in [-0.39, 0.29) is 0 Å². The highest BCUT2D eigenvalue weighted by Crippen LogP contribution is 2.25. The second-order valence-corrected chi connectivity index (χ2v) is 7.82. The van der Waals surface area contributed by atoms with Gasteiger partial charge in [0.05, 0.1) is 7.11 Å². The molecule has 0 amide bonds. The Balaban J connectivity index is 1.24. The van der Waals surface area contributed by atoms with E-state index in [4.69, 9.17) is 20.9 Å². The Morgan fingerprint density at radius 3 is 2.38 bits per heavy atom. The van der Waals surface area contributed by atoms with Crippen LogP contribution >= 0.6 is 11.6 Å². The van der Waals surface area contributed by atoms with E-state index in [2.05, 4.69) is 36.2 Å². The number of ether oxygens (including phenoxy) is 1. The van der Waals surface area contributed by atoms with E-state index in [0.717, 1.165) is 54.0 Å². The molecule has 2 aromatic carbocycles. The molecule has 162 valence electrons. The summed E-state index contributed by atoms with van der Waals surface area (Å²) in [6.45, 7) is 3.47. The monoisotopic (exact) mass is 448 g/mol. The minimum Gasteiger partial charge on any atom is -0.497 e. The van der Waals surface area contributed by atoms with Crippen molar-refractivity contribution < 1.29 is 9.26 Å². The zero-order chi connectivity index (χ0) is 21.9. The van der Waals surface area contributed by atoms with Gasteiger partial charge in [-0.05, 0) is 54.6 Å². The van der Waals surface area contributed by atoms with Gasteiger partial charge in [0.1, 0.15) is 5.75 Å². The molecular weight excluding hydrogens is 428 g/mol. The molecule has 0 spiro atoms. The Labute approximate surface area is 190 Å². The normalized spacial score (nSPS) is 13.9. The first-order valence-electron chi connectivity index (χ1n) is 10.3. The van der Waals surface area contributed by atoms with Crippen molar-refractivity contribution in [2.45, 2.75) is 0 Å². The third-order valence-electron chi connectivity index (χ3n) is 5.42. The molecule has 1 aliphatic heterocycles. The first-order chi connectivity index (χ1) is 15.7. The first-order valence-corrected chi connectivity index (χ1v) is 10.6. The van der Waals surface area contributed by atoms with Crippen molar-refractivity contribution >= 4 is 23.1 Å². The predicted molar refractivity (Wildman–Crippen MR) is 123 cm³/mol. The van der Waals surface area contributed by atoms with E-state index >= 15 is 0 Å². The fraction of sp³-hybridized carbons (Fsp3) is 0.217. The lowest BCUT2D eigenvalue weighted by Gasteiger charge is -2.36. The highest BCUT2D eigenvalue weighted by atomic mass is 35.5. The van der Waals surface area contributed by atoms with Crippen molar-refractivity contribution in [3.63, 3.8) is 0 Å². The molecule has 2 aromatic heterocycles. The van der Waals surface area contributed by atoms with Gasteiger partial charge in [0.2, 0.25) is 5.82 Å². The molecular formula is C23H21ClN6O2. The zero-order valence-corrected chi connectivity index (χ0v) is 18.2. The Kier molecular flexibility index (Phi) is 5.60. The highest BCUT2D eigenvalue weighted by Gasteiger charge is 2.20. The molecule has 0 saturated carbocycles. The molecule has 0 aliphatic carbocycles. The Morgan fingerprint density at radius 1 is 0.906 bits per heavy atom. The predicted octanol–water partition coefficient (Wildman–Crippen LogP) is 4.18. The van der Waals surface area contributed by atoms with Gasteiger partial charge in [0.15, 0.2) is 11.5 Å². The quantitative estimate of drug-likeness (QED) is 0.449. The second-order valence-electron chi connectivity index (χ2n) is 7.38. The number of halogens is 1. The standard InChI is InChI=1S/C23H21ClN6O2/c1-31-19-7-5-16(6-8-19)22-25-23(32-28-22)20-9-10-21(27-26-20)30-13-11-29(12-14-30)18-4-2-3-17(24)15-18/h2-10,15H,11-14H2,1H3. The van der Waals surface area contributed by atoms with Crippen LogP contribution in [0.2, 0.25) is 5.02 Å². The van der Waals surface area contributed by atoms with Crippen LogP contribution in [0.15, 0.2) is 65.2 Å². The van der Waals surface area contributed by atoms with E-state index in [1.807, 2.05) is 54.6 Å². The molecule has 4 aromatic rings. The molecule has 0 atom stereocenters. The van der Waals surface area contributed by atoms with Crippen LogP contribution in [0.25, 0.3) is 23.0 Å². The molecule has 9 heteroatoms. The average Bonchev–Trinajstić information content (AvgIpc) is 3.35. The summed E-state index contributed by atoms with van der Waals surface area (Å²) in [5, 5.41) is 13.5. The number of hydrogen-bond donors (Lipinski definition) is 0. The topological polar surface area (TPSA) is 80.4 Å². The van der Waals surface area contributed by atoms with Gasteiger partial charge < -0.3 is 19.1 Å². The SMILES string of the molecule is COc1ccc(-c2noc(-c3ccc(N4CCN(c5cccc(Cl)c5)CC4)nn3)n2)cc1. The number of rotatable bonds is 5. The van der Waals surface area contributed by atoms with Crippen molar-refractivity contribution in [2.75, 3.05) is 43.1 Å². The Hall–Kier alpha value is -3.65. The largest absolute Gasteiger partial charge is 0.497 e. The maximum atomic E-state index is 6.12. The summed E-state index contributed by atoms with van der Waals surface area (Å²) in [6, 6.07) is 19.2. The minimum atomic E-state index is 0.334. The van der Waals surface area contributed by atoms with Gasteiger partial charge in [-0.25, -0.2) is 0 Å². The maximum Gasteiger partial charge on any atom is 0.278 e. The smallest absolute Gasteiger partial charge is 0.278 e. The van der Waals surface area contributed by atoms with Crippen LogP contribution in [0.3, 0.4) is 0 Å². The van der Waals surface area contributed by atoms with E-state index in [1.54, 1.807) is 7.11 Å². The molecule has 32 heavy (non-hydrogen) atoms. The van der Waals surface area contributed by atoms with Crippen LogP contribution in [-0.2, 0) is 0 Å². The highest BCUT2D eigenvalue weighted by molar-refractivity contribution is 6.30. The summed E-state index contributed by atoms with van der Waals surface area (Å²) < 4.78 is 10.6. The van der Waals surface area contributed by atoms with E-state index < -0.39 is 0 Å². The number of benzene rings is 2. The summed E-state index contributed by atoms with van der Waals surface area (Å²) in [6.07, 6.45) is 0. The third kappa shape index (κ3) is 4.22. The summed E-state index contributed by atoms with van der Waals surface area (Å²) in [5.74, 6) is 2.42. The summed E-state index contributed by atoms with van der Waals surface area (Å²) in [4.78, 5) is 8.99. The molecule has 8 nitrogen and oxygen atoms in total. The van der Waals surface area contributed by atoms with E-state index in [1.165, 1.54) is 0 Å². The summed E-state index contributed by atoms with van der Waals surface area (Å²) in [7, 11) is 1.63. The van der Waals surface area contributed by atoms with Gasteiger partial charge in [-0.1, -0.05) is 22.8 Å². The number of piperazine rings is 1. The van der Waals surface area contributed by atoms with Crippen LogP contribution in [0.4, 0.5) is 11.5 Å².